The minimum atomic E-state index is -0.240. The van der Waals surface area contributed by atoms with Crippen molar-refractivity contribution in [2.24, 2.45) is 4.99 Å². The van der Waals surface area contributed by atoms with E-state index in [2.05, 4.69) is 101 Å². The third kappa shape index (κ3) is 3.49. The van der Waals surface area contributed by atoms with Crippen LogP contribution in [0, 0.1) is 0 Å². The van der Waals surface area contributed by atoms with Crippen LogP contribution >= 0.6 is 0 Å². The quantitative estimate of drug-likeness (QED) is 0.649. The van der Waals surface area contributed by atoms with Crippen molar-refractivity contribution in [3.8, 4) is 0 Å². The van der Waals surface area contributed by atoms with E-state index in [9.17, 15) is 0 Å². The van der Waals surface area contributed by atoms with Crippen molar-refractivity contribution in [2.75, 3.05) is 9.20 Å². The van der Waals surface area contributed by atoms with Gasteiger partial charge in [0.1, 0.15) is 11.4 Å². The molecule has 0 fully saturated rings. The van der Waals surface area contributed by atoms with Gasteiger partial charge in [0, 0.05) is 36.2 Å². The second-order valence-electron chi connectivity index (χ2n) is 6.99. The summed E-state index contributed by atoms with van der Waals surface area (Å²) in [6, 6.07) is 16.9. The fourth-order valence-corrected chi connectivity index (χ4v) is 5.02. The van der Waals surface area contributed by atoms with Crippen LogP contribution in [0.3, 0.4) is 0 Å². The van der Waals surface area contributed by atoms with Gasteiger partial charge in [0.2, 0.25) is 0 Å². The summed E-state index contributed by atoms with van der Waals surface area (Å²) in [4.78, 5) is 4.90. The van der Waals surface area contributed by atoms with E-state index in [1.54, 1.807) is 0 Å². The van der Waals surface area contributed by atoms with Gasteiger partial charge < -0.3 is 12.8 Å². The van der Waals surface area contributed by atoms with Crippen molar-refractivity contribution in [2.45, 2.75) is 27.7 Å². The smallest absolute Gasteiger partial charge is 0.376 e. The number of rotatable bonds is 0. The van der Waals surface area contributed by atoms with Crippen LogP contribution in [-0.2, 0) is 0 Å². The molecule has 0 atom stereocenters. The molecule has 2 aliphatic rings. The van der Waals surface area contributed by atoms with Crippen molar-refractivity contribution in [1.29, 1.82) is 0 Å². The van der Waals surface area contributed by atoms with Crippen molar-refractivity contribution >= 4 is 49.8 Å². The Morgan fingerprint density at radius 2 is 1.67 bits per heavy atom. The Bertz CT molecular complexity index is 1030. The SMILES string of the molecule is CC1=Nc2ccccc2/[N+]2=C(C)/C=C(/C)Nc3ccccc3[N]([Al]2)/C(C)=C\1. The third-order valence-corrected chi connectivity index (χ3v) is 6.60. The molecule has 0 spiro atoms. The van der Waals surface area contributed by atoms with Gasteiger partial charge in [0.25, 0.3) is 0 Å². The Kier molecular flexibility index (Phi) is 4.74. The number of nitrogens with zero attached hydrogens (tertiary/aromatic N) is 3. The first-order valence-corrected chi connectivity index (χ1v) is 10.2. The van der Waals surface area contributed by atoms with Crippen molar-refractivity contribution in [3.63, 3.8) is 0 Å². The first kappa shape index (κ1) is 17.8. The average Bonchev–Trinajstić information content (AvgIpc) is 2.71. The van der Waals surface area contributed by atoms with Gasteiger partial charge in [-0.3, -0.25) is 0 Å². The molecule has 0 aliphatic carbocycles. The summed E-state index contributed by atoms with van der Waals surface area (Å²) in [7, 11) is 0. The lowest BCUT2D eigenvalue weighted by Crippen LogP contribution is -2.35. The summed E-state index contributed by atoms with van der Waals surface area (Å²) in [5, 5.41) is 3.59. The van der Waals surface area contributed by atoms with Crippen LogP contribution in [0.2, 0.25) is 0 Å². The highest BCUT2D eigenvalue weighted by atomic mass is 27.1. The molecule has 0 unspecified atom stereocenters. The van der Waals surface area contributed by atoms with Crippen LogP contribution in [0.1, 0.15) is 27.7 Å². The topological polar surface area (TPSA) is 30.6 Å². The van der Waals surface area contributed by atoms with Crippen molar-refractivity contribution in [1.82, 2.24) is 0 Å². The second kappa shape index (κ2) is 7.19. The number of hydrogen-bond donors (Lipinski definition) is 1. The molecule has 2 heterocycles. The molecule has 0 saturated heterocycles. The summed E-state index contributed by atoms with van der Waals surface area (Å²) in [5.74, 6) is 0. The standard InChI is InChI=1S/C22H23N4.Al/c1-15-13-16(2)24-21-11-7-8-12-22(21)26-18(4)14-17(3)25-20-10-6-5-9-19(20)23-15;/h5-14,23H,1-4H3;/q-1;+2/b15-13-,17-14-,24-16+,26-18?;. The summed E-state index contributed by atoms with van der Waals surface area (Å²) in [6.45, 7) is 8.54. The van der Waals surface area contributed by atoms with E-state index >= 15 is 0 Å². The molecule has 4 nitrogen and oxygen atoms in total. The van der Waals surface area contributed by atoms with Crippen molar-refractivity contribution in [3.05, 3.63) is 72.1 Å². The van der Waals surface area contributed by atoms with E-state index in [0.29, 0.717) is 0 Å². The molecule has 4 rings (SSSR count). The average molecular weight is 370 g/mol. The number of anilines is 2. The predicted molar refractivity (Wildman–Crippen MR) is 116 cm³/mol. The zero-order valence-corrected chi connectivity index (χ0v) is 17.3. The monoisotopic (exact) mass is 370 g/mol. The highest BCUT2D eigenvalue weighted by molar-refractivity contribution is 6.37. The van der Waals surface area contributed by atoms with Crippen LogP contribution < -0.4 is 9.20 Å². The van der Waals surface area contributed by atoms with Gasteiger partial charge in [0.15, 0.2) is 5.69 Å². The van der Waals surface area contributed by atoms with Gasteiger partial charge in [0.05, 0.1) is 5.69 Å². The maximum atomic E-state index is 4.90. The molecule has 0 amide bonds. The molecule has 27 heavy (non-hydrogen) atoms. The molecule has 5 heteroatoms. The number of aliphatic imine (C=N–C) groups is 1. The maximum absolute atomic E-state index is 4.90. The highest BCUT2D eigenvalue weighted by Crippen LogP contribution is 2.34. The Morgan fingerprint density at radius 3 is 2.52 bits per heavy atom. The largest absolute Gasteiger partial charge is 0.959 e. The molecule has 2 aliphatic heterocycles. The summed E-state index contributed by atoms with van der Waals surface area (Å²) in [6.07, 6.45) is 4.40. The van der Waals surface area contributed by atoms with Crippen molar-refractivity contribution < 1.29 is 3.56 Å². The van der Waals surface area contributed by atoms with E-state index in [1.165, 1.54) is 17.1 Å². The van der Waals surface area contributed by atoms with Crippen LogP contribution in [0.25, 0.3) is 0 Å². The van der Waals surface area contributed by atoms with Crippen LogP contribution in [0.15, 0.2) is 77.1 Å². The van der Waals surface area contributed by atoms with Gasteiger partial charge in [-0.2, -0.15) is 0 Å². The maximum Gasteiger partial charge on any atom is 0.959 e. The lowest BCUT2D eigenvalue weighted by atomic mass is 10.2. The third-order valence-electron chi connectivity index (χ3n) is 4.77. The lowest BCUT2D eigenvalue weighted by Gasteiger charge is -2.24. The highest BCUT2D eigenvalue weighted by Gasteiger charge is 2.35. The number of allylic oxidation sites excluding steroid dienone is 4. The van der Waals surface area contributed by atoms with E-state index in [4.69, 9.17) is 4.99 Å². The fraction of sp³-hybridized carbons (Fsp3) is 0.182. The normalized spacial score (nSPS) is 23.0. The van der Waals surface area contributed by atoms with Gasteiger partial charge in [-0.25, -0.2) is 4.99 Å². The van der Waals surface area contributed by atoms with Gasteiger partial charge in [-0.1, -0.05) is 24.3 Å². The van der Waals surface area contributed by atoms with Gasteiger partial charge >= 0.3 is 15.7 Å². The molecule has 2 bridgehead atoms. The molecular weight excluding hydrogens is 347 g/mol. The second-order valence-corrected chi connectivity index (χ2v) is 8.26. The lowest BCUT2D eigenvalue weighted by molar-refractivity contribution is -0.276. The summed E-state index contributed by atoms with van der Waals surface area (Å²) < 4.78 is 4.85. The molecule has 2 aromatic rings. The number of para-hydroxylation sites is 4. The van der Waals surface area contributed by atoms with Gasteiger partial charge in [-0.05, 0) is 50.7 Å². The summed E-state index contributed by atoms with van der Waals surface area (Å²) in [5.41, 5.74) is 9.04. The Balaban J connectivity index is 2.05. The minimum Gasteiger partial charge on any atom is -0.376 e. The van der Waals surface area contributed by atoms with Crippen LogP contribution in [0.5, 0.6) is 0 Å². The first-order valence-electron chi connectivity index (χ1n) is 9.17. The molecule has 1 radical (unpaired) electrons. The molecular formula is C22H23AlN4+. The predicted octanol–water partition coefficient (Wildman–Crippen LogP) is 5.17. The first-order chi connectivity index (χ1) is 13.0. The van der Waals surface area contributed by atoms with E-state index < -0.39 is 0 Å². The Labute approximate surface area is 167 Å². The van der Waals surface area contributed by atoms with E-state index in [-0.39, 0.29) is 15.7 Å². The molecule has 0 aromatic heterocycles. The zero-order chi connectivity index (χ0) is 19.0. The number of fused-ring (bicyclic) bond motifs is 6. The van der Waals surface area contributed by atoms with Gasteiger partial charge in [-0.15, -0.1) is 0 Å². The number of hydrogen-bond acceptors (Lipinski definition) is 3. The minimum absolute atomic E-state index is 0.240. The van der Waals surface area contributed by atoms with E-state index in [1.807, 2.05) is 0 Å². The Hall–Kier alpha value is -2.61. The molecule has 133 valence electrons. The van der Waals surface area contributed by atoms with Crippen LogP contribution in [-0.4, -0.2) is 30.6 Å². The van der Waals surface area contributed by atoms with Crippen LogP contribution in [0.4, 0.5) is 22.7 Å². The molecule has 0 saturated carbocycles. The number of benzene rings is 2. The zero-order valence-electron chi connectivity index (χ0n) is 16.2. The fourth-order valence-electron chi connectivity index (χ4n) is 3.58. The number of nitrogens with one attached hydrogen (secondary N) is 1. The molecule has 1 N–H and O–H groups in total. The molecule has 2 aromatic carbocycles. The van der Waals surface area contributed by atoms with E-state index in [0.717, 1.165) is 28.5 Å². The summed E-state index contributed by atoms with van der Waals surface area (Å²) >= 11 is -0.240. The Morgan fingerprint density at radius 1 is 0.926 bits per heavy atom.